The third-order valence-corrected chi connectivity index (χ3v) is 6.68. The minimum atomic E-state index is -0.308. The number of aromatic nitrogens is 4. The molecular weight excluding hydrogens is 394 g/mol. The number of fused-ring (bicyclic) bond motifs is 4. The predicted octanol–water partition coefficient (Wildman–Crippen LogP) is 4.46. The van der Waals surface area contributed by atoms with Gasteiger partial charge in [0, 0.05) is 23.7 Å². The second-order valence-electron chi connectivity index (χ2n) is 7.68. The van der Waals surface area contributed by atoms with Crippen molar-refractivity contribution in [2.75, 3.05) is 4.90 Å². The van der Waals surface area contributed by atoms with Crippen LogP contribution in [0.25, 0.3) is 22.1 Å². The van der Waals surface area contributed by atoms with Gasteiger partial charge in [0.05, 0.1) is 10.8 Å². The highest BCUT2D eigenvalue weighted by Crippen LogP contribution is 2.34. The molecule has 4 aromatic rings. The maximum atomic E-state index is 13.3. The smallest absolute Gasteiger partial charge is 0.240 e. The van der Waals surface area contributed by atoms with Crippen molar-refractivity contribution in [1.82, 2.24) is 19.7 Å². The highest BCUT2D eigenvalue weighted by molar-refractivity contribution is 8.00. The fourth-order valence-corrected chi connectivity index (χ4v) is 5.12. The molecule has 0 aliphatic carbocycles. The van der Waals surface area contributed by atoms with E-state index in [-0.39, 0.29) is 17.2 Å². The van der Waals surface area contributed by atoms with Crippen molar-refractivity contribution in [2.45, 2.75) is 50.2 Å². The fraction of sp³-hybridized carbons (Fsp3) is 0.304. The number of thioether (sulfide) groups is 1. The first-order valence-corrected chi connectivity index (χ1v) is 11.2. The molecule has 0 bridgehead atoms. The van der Waals surface area contributed by atoms with Gasteiger partial charge in [-0.25, -0.2) is 4.98 Å². The number of amides is 1. The molecule has 1 aliphatic rings. The van der Waals surface area contributed by atoms with Crippen LogP contribution >= 0.6 is 11.8 Å². The summed E-state index contributed by atoms with van der Waals surface area (Å²) in [6, 6.07) is 16.4. The number of hydrogen-bond acceptors (Lipinski definition) is 5. The molecule has 1 aliphatic heterocycles. The van der Waals surface area contributed by atoms with Crippen LogP contribution < -0.4 is 4.90 Å². The average Bonchev–Trinajstić information content (AvgIpc) is 3.26. The molecule has 0 fully saturated rings. The van der Waals surface area contributed by atoms with Crippen LogP contribution in [0.4, 0.5) is 5.69 Å². The Morgan fingerprint density at radius 3 is 2.77 bits per heavy atom. The van der Waals surface area contributed by atoms with Crippen LogP contribution in [0.2, 0.25) is 0 Å². The van der Waals surface area contributed by atoms with Crippen LogP contribution in [0.1, 0.15) is 26.3 Å². The highest BCUT2D eigenvalue weighted by Gasteiger charge is 2.33. The molecule has 6 nitrogen and oxygen atoms in total. The fourth-order valence-electron chi connectivity index (χ4n) is 4.37. The van der Waals surface area contributed by atoms with Crippen molar-refractivity contribution in [2.24, 2.45) is 0 Å². The Morgan fingerprint density at radius 1 is 1.17 bits per heavy atom. The van der Waals surface area contributed by atoms with E-state index in [1.54, 1.807) is 0 Å². The second kappa shape index (κ2) is 7.40. The summed E-state index contributed by atoms with van der Waals surface area (Å²) in [6.07, 6.45) is 0.889. The first kappa shape index (κ1) is 19.1. The molecule has 0 spiro atoms. The monoisotopic (exact) mass is 417 g/mol. The zero-order valence-corrected chi connectivity index (χ0v) is 18.1. The van der Waals surface area contributed by atoms with Gasteiger partial charge in [-0.1, -0.05) is 48.2 Å². The molecule has 152 valence electrons. The Bertz CT molecular complexity index is 1270. The molecule has 0 saturated heterocycles. The molecule has 5 rings (SSSR count). The van der Waals surface area contributed by atoms with Crippen molar-refractivity contribution >= 4 is 45.4 Å². The summed E-state index contributed by atoms with van der Waals surface area (Å²) < 4.78 is 2.15. The van der Waals surface area contributed by atoms with Gasteiger partial charge in [0.15, 0.2) is 5.65 Å². The molecule has 7 heteroatoms. The third kappa shape index (κ3) is 2.96. The molecular formula is C23H23N5OS. The van der Waals surface area contributed by atoms with Gasteiger partial charge >= 0.3 is 0 Å². The minimum Gasteiger partial charge on any atom is -0.324 e. The number of nitrogens with zero attached hydrogens (tertiary/aromatic N) is 5. The normalized spacial score (nSPS) is 16.9. The van der Waals surface area contributed by atoms with Gasteiger partial charge in [-0.15, -0.1) is 10.2 Å². The number of carbonyl (C=O) groups excluding carboxylic acids is 1. The van der Waals surface area contributed by atoms with E-state index in [4.69, 9.17) is 4.98 Å². The van der Waals surface area contributed by atoms with E-state index in [0.29, 0.717) is 5.16 Å². The summed E-state index contributed by atoms with van der Waals surface area (Å²) in [5, 5.41) is 10.1. The molecule has 2 atom stereocenters. The number of hydrogen-bond donors (Lipinski definition) is 0. The quantitative estimate of drug-likeness (QED) is 0.459. The van der Waals surface area contributed by atoms with Crippen LogP contribution in [0, 0.1) is 0 Å². The average molecular weight is 418 g/mol. The first-order valence-electron chi connectivity index (χ1n) is 10.3. The maximum absolute atomic E-state index is 13.3. The van der Waals surface area contributed by atoms with Crippen molar-refractivity contribution in [3.63, 3.8) is 0 Å². The van der Waals surface area contributed by atoms with Gasteiger partial charge in [0.1, 0.15) is 5.52 Å². The first-order chi connectivity index (χ1) is 14.6. The van der Waals surface area contributed by atoms with Crippen LogP contribution in [0.3, 0.4) is 0 Å². The van der Waals surface area contributed by atoms with Crippen LogP contribution in [-0.2, 0) is 17.8 Å². The third-order valence-electron chi connectivity index (χ3n) is 5.75. The summed E-state index contributed by atoms with van der Waals surface area (Å²) in [4.78, 5) is 20.0. The minimum absolute atomic E-state index is 0.0807. The van der Waals surface area contributed by atoms with Gasteiger partial charge in [0.25, 0.3) is 0 Å². The molecule has 0 radical (unpaired) electrons. The van der Waals surface area contributed by atoms with Gasteiger partial charge in [-0.3, -0.25) is 4.79 Å². The number of para-hydroxylation sites is 2. The lowest BCUT2D eigenvalue weighted by Gasteiger charge is -2.25. The van der Waals surface area contributed by atoms with Gasteiger partial charge in [-0.05, 0) is 44.9 Å². The van der Waals surface area contributed by atoms with Crippen LogP contribution in [0.5, 0.6) is 0 Å². The van der Waals surface area contributed by atoms with E-state index >= 15 is 0 Å². The standard InChI is InChI=1S/C23H23N5OS/c1-4-27-19-12-8-6-10-17(19)20-21(27)24-23(26-25-20)30-15(3)22(29)28-14(2)13-16-9-5-7-11-18(16)28/h5-12,14-15H,4,13H2,1-3H3. The molecule has 0 N–H and O–H groups in total. The highest BCUT2D eigenvalue weighted by atomic mass is 32.2. The Hall–Kier alpha value is -2.93. The zero-order chi connectivity index (χ0) is 20.8. The molecule has 0 saturated carbocycles. The number of carbonyl (C=O) groups is 1. The van der Waals surface area contributed by atoms with E-state index in [1.807, 2.05) is 48.2 Å². The summed E-state index contributed by atoms with van der Waals surface area (Å²) in [5.41, 5.74) is 4.96. The van der Waals surface area contributed by atoms with E-state index < -0.39 is 0 Å². The molecule has 30 heavy (non-hydrogen) atoms. The summed E-state index contributed by atoms with van der Waals surface area (Å²) in [6.45, 7) is 6.91. The topological polar surface area (TPSA) is 63.9 Å². The van der Waals surface area contributed by atoms with Gasteiger partial charge < -0.3 is 9.47 Å². The second-order valence-corrected chi connectivity index (χ2v) is 8.99. The number of rotatable bonds is 4. The largest absolute Gasteiger partial charge is 0.324 e. The van der Waals surface area contributed by atoms with E-state index in [1.165, 1.54) is 17.3 Å². The van der Waals surface area contributed by atoms with Crippen molar-refractivity contribution in [3.05, 3.63) is 54.1 Å². The molecule has 1 amide bonds. The van der Waals surface area contributed by atoms with E-state index in [2.05, 4.69) is 40.7 Å². The SMILES string of the molecule is CCn1c2ccccc2c2nnc(SC(C)C(=O)N3c4ccccc4CC3C)nc21. The van der Waals surface area contributed by atoms with Crippen molar-refractivity contribution in [1.29, 1.82) is 0 Å². The number of anilines is 1. The number of aryl methyl sites for hydroxylation is 1. The van der Waals surface area contributed by atoms with Gasteiger partial charge in [0.2, 0.25) is 11.1 Å². The summed E-state index contributed by atoms with van der Waals surface area (Å²) in [7, 11) is 0. The van der Waals surface area contributed by atoms with E-state index in [9.17, 15) is 4.79 Å². The maximum Gasteiger partial charge on any atom is 0.240 e. The molecule has 2 aromatic heterocycles. The van der Waals surface area contributed by atoms with E-state index in [0.717, 1.165) is 40.7 Å². The van der Waals surface area contributed by atoms with Crippen molar-refractivity contribution in [3.8, 4) is 0 Å². The Morgan fingerprint density at radius 2 is 1.93 bits per heavy atom. The number of benzene rings is 2. The summed E-state index contributed by atoms with van der Waals surface area (Å²) in [5.74, 6) is 0.0807. The lowest BCUT2D eigenvalue weighted by atomic mass is 10.1. The Labute approximate surface area is 179 Å². The molecule has 2 aromatic carbocycles. The van der Waals surface area contributed by atoms with Crippen LogP contribution in [0.15, 0.2) is 53.7 Å². The lowest BCUT2D eigenvalue weighted by Crippen LogP contribution is -2.40. The zero-order valence-electron chi connectivity index (χ0n) is 17.2. The predicted molar refractivity (Wildman–Crippen MR) is 121 cm³/mol. The molecule has 3 heterocycles. The van der Waals surface area contributed by atoms with Crippen molar-refractivity contribution < 1.29 is 4.79 Å². The van der Waals surface area contributed by atoms with Gasteiger partial charge in [-0.2, -0.15) is 0 Å². The summed E-state index contributed by atoms with van der Waals surface area (Å²) >= 11 is 1.37. The lowest BCUT2D eigenvalue weighted by molar-refractivity contribution is -0.118. The van der Waals surface area contributed by atoms with Crippen LogP contribution in [-0.4, -0.2) is 36.9 Å². The Kier molecular flexibility index (Phi) is 4.70. The Balaban J connectivity index is 1.45. The molecule has 2 unspecified atom stereocenters.